The molecule has 0 saturated heterocycles. The van der Waals surface area contributed by atoms with Crippen molar-refractivity contribution in [3.63, 3.8) is 0 Å². The van der Waals surface area contributed by atoms with Gasteiger partial charge in [0.1, 0.15) is 0 Å². The largest absolute Gasteiger partial charge is 0.455 e. The van der Waals surface area contributed by atoms with E-state index in [4.69, 9.17) is 4.74 Å². The lowest BCUT2D eigenvalue weighted by molar-refractivity contribution is -0.152. The third-order valence-electron chi connectivity index (χ3n) is 6.14. The SMILES string of the molecule is O=C(COC(=O)[C@H]1C[C@@H]2C=C[C@H]1C2)Nc1ccc2c(c1)C(=O)c1ccccc1C2=O. The Morgan fingerprint density at radius 3 is 2.27 bits per heavy atom. The van der Waals surface area contributed by atoms with E-state index in [9.17, 15) is 19.2 Å². The highest BCUT2D eigenvalue weighted by Gasteiger charge is 2.40. The van der Waals surface area contributed by atoms with Crippen molar-refractivity contribution in [1.29, 1.82) is 0 Å². The van der Waals surface area contributed by atoms with Gasteiger partial charge < -0.3 is 10.1 Å². The lowest BCUT2D eigenvalue weighted by Gasteiger charge is -2.18. The van der Waals surface area contributed by atoms with Gasteiger partial charge in [-0.15, -0.1) is 0 Å². The van der Waals surface area contributed by atoms with Crippen LogP contribution in [0.4, 0.5) is 5.69 Å². The van der Waals surface area contributed by atoms with Crippen LogP contribution in [-0.4, -0.2) is 30.0 Å². The number of fused-ring (bicyclic) bond motifs is 4. The van der Waals surface area contributed by atoms with Gasteiger partial charge in [0.05, 0.1) is 5.92 Å². The van der Waals surface area contributed by atoms with Crippen molar-refractivity contribution in [2.24, 2.45) is 17.8 Å². The summed E-state index contributed by atoms with van der Waals surface area (Å²) in [5.41, 5.74) is 1.68. The standard InChI is InChI=1S/C24H19NO5/c26-21(12-30-24(29)19-10-13-5-6-14(19)9-13)25-15-7-8-18-20(11-15)23(28)17-4-2-1-3-16(17)22(18)27/h1-8,11,13-14,19H,9-10,12H2,(H,25,26)/t13-,14+,19+/m1/s1. The molecule has 3 atom stereocenters. The molecule has 0 aliphatic heterocycles. The second-order valence-corrected chi connectivity index (χ2v) is 8.01. The highest BCUT2D eigenvalue weighted by atomic mass is 16.5. The van der Waals surface area contributed by atoms with Crippen LogP contribution in [-0.2, 0) is 14.3 Å². The van der Waals surface area contributed by atoms with Crippen molar-refractivity contribution < 1.29 is 23.9 Å². The van der Waals surface area contributed by atoms with Crippen LogP contribution in [0.15, 0.2) is 54.6 Å². The Kier molecular flexibility index (Phi) is 4.35. The van der Waals surface area contributed by atoms with Gasteiger partial charge in [-0.05, 0) is 42.9 Å². The summed E-state index contributed by atoms with van der Waals surface area (Å²) in [5, 5.41) is 2.64. The molecule has 0 radical (unpaired) electrons. The maximum Gasteiger partial charge on any atom is 0.310 e. The lowest BCUT2D eigenvalue weighted by Crippen LogP contribution is -2.27. The minimum atomic E-state index is -0.489. The van der Waals surface area contributed by atoms with Gasteiger partial charge in [0.2, 0.25) is 0 Å². The van der Waals surface area contributed by atoms with E-state index in [1.165, 1.54) is 12.1 Å². The molecule has 2 aromatic rings. The summed E-state index contributed by atoms with van der Waals surface area (Å²) in [6.45, 7) is -0.386. The van der Waals surface area contributed by atoms with Crippen molar-refractivity contribution in [2.45, 2.75) is 12.8 Å². The number of allylic oxidation sites excluding steroid dienone is 2. The molecule has 1 N–H and O–H groups in total. The van der Waals surface area contributed by atoms with Crippen molar-refractivity contribution in [1.82, 2.24) is 0 Å². The average Bonchev–Trinajstić information content (AvgIpc) is 3.40. The number of ketones is 2. The number of nitrogens with one attached hydrogen (secondary N) is 1. The van der Waals surface area contributed by atoms with E-state index in [-0.39, 0.29) is 41.5 Å². The van der Waals surface area contributed by atoms with Gasteiger partial charge in [-0.25, -0.2) is 0 Å². The Bertz CT molecular complexity index is 1130. The van der Waals surface area contributed by atoms with E-state index in [2.05, 4.69) is 17.5 Å². The number of rotatable bonds is 4. The quantitative estimate of drug-likeness (QED) is 0.536. The first-order valence-corrected chi connectivity index (χ1v) is 9.98. The summed E-state index contributed by atoms with van der Waals surface area (Å²) in [6, 6.07) is 11.3. The number of carbonyl (C=O) groups is 4. The van der Waals surface area contributed by atoms with Crippen LogP contribution in [0.1, 0.15) is 44.7 Å². The third kappa shape index (κ3) is 3.05. The predicted molar refractivity (Wildman–Crippen MR) is 108 cm³/mol. The van der Waals surface area contributed by atoms with Gasteiger partial charge in [0.25, 0.3) is 5.91 Å². The summed E-state index contributed by atoms with van der Waals surface area (Å²) in [7, 11) is 0. The Hall–Kier alpha value is -3.54. The first-order chi connectivity index (χ1) is 14.5. The highest BCUT2D eigenvalue weighted by molar-refractivity contribution is 6.28. The molecule has 0 heterocycles. The topological polar surface area (TPSA) is 89.5 Å². The Balaban J connectivity index is 1.25. The van der Waals surface area contributed by atoms with Gasteiger partial charge in [0, 0.05) is 27.9 Å². The second-order valence-electron chi connectivity index (χ2n) is 8.01. The molecule has 1 fully saturated rings. The Morgan fingerprint density at radius 1 is 0.900 bits per heavy atom. The van der Waals surface area contributed by atoms with Crippen molar-refractivity contribution >= 4 is 29.1 Å². The van der Waals surface area contributed by atoms with Crippen LogP contribution in [0.5, 0.6) is 0 Å². The zero-order valence-electron chi connectivity index (χ0n) is 16.1. The van der Waals surface area contributed by atoms with Crippen molar-refractivity contribution in [2.75, 3.05) is 11.9 Å². The van der Waals surface area contributed by atoms with Crippen LogP contribution >= 0.6 is 0 Å². The molecular formula is C24H19NO5. The first-order valence-electron chi connectivity index (χ1n) is 9.98. The molecule has 2 aromatic carbocycles. The van der Waals surface area contributed by atoms with Gasteiger partial charge in [0.15, 0.2) is 18.2 Å². The van der Waals surface area contributed by atoms with Gasteiger partial charge in [-0.1, -0.05) is 36.4 Å². The van der Waals surface area contributed by atoms with E-state index in [0.29, 0.717) is 28.3 Å². The van der Waals surface area contributed by atoms with Gasteiger partial charge in [-0.3, -0.25) is 19.2 Å². The molecule has 30 heavy (non-hydrogen) atoms. The summed E-state index contributed by atoms with van der Waals surface area (Å²) in [5.74, 6) is -0.805. The molecule has 3 aliphatic carbocycles. The Labute approximate surface area is 172 Å². The van der Waals surface area contributed by atoms with Crippen LogP contribution in [0.3, 0.4) is 0 Å². The molecule has 6 heteroatoms. The molecule has 3 aliphatic rings. The fraction of sp³-hybridized carbons (Fsp3) is 0.250. The van der Waals surface area contributed by atoms with Crippen LogP contribution in [0, 0.1) is 17.8 Å². The van der Waals surface area contributed by atoms with Crippen LogP contribution < -0.4 is 5.32 Å². The molecule has 0 unspecified atom stereocenters. The molecule has 5 rings (SSSR count). The second kappa shape index (κ2) is 7.06. The number of esters is 1. The molecule has 1 amide bonds. The number of carbonyl (C=O) groups excluding carboxylic acids is 4. The summed E-state index contributed by atoms with van der Waals surface area (Å²) in [4.78, 5) is 49.9. The fourth-order valence-electron chi connectivity index (χ4n) is 4.67. The minimum Gasteiger partial charge on any atom is -0.455 e. The molecule has 1 saturated carbocycles. The van der Waals surface area contributed by atoms with Crippen LogP contribution in [0.25, 0.3) is 0 Å². The van der Waals surface area contributed by atoms with Gasteiger partial charge >= 0.3 is 5.97 Å². The number of amides is 1. The third-order valence-corrected chi connectivity index (χ3v) is 6.14. The van der Waals surface area contributed by atoms with Crippen molar-refractivity contribution in [3.8, 4) is 0 Å². The highest BCUT2D eigenvalue weighted by Crippen LogP contribution is 2.43. The van der Waals surface area contributed by atoms with E-state index in [0.717, 1.165) is 12.8 Å². The number of benzene rings is 2. The molecule has 0 aromatic heterocycles. The summed E-state index contributed by atoms with van der Waals surface area (Å²) >= 11 is 0. The summed E-state index contributed by atoms with van der Waals surface area (Å²) < 4.78 is 5.20. The van der Waals surface area contributed by atoms with Gasteiger partial charge in [-0.2, -0.15) is 0 Å². The molecule has 0 spiro atoms. The monoisotopic (exact) mass is 401 g/mol. The zero-order chi connectivity index (χ0) is 20.8. The molecule has 2 bridgehead atoms. The fourth-order valence-corrected chi connectivity index (χ4v) is 4.67. The molecule has 6 nitrogen and oxygen atoms in total. The Morgan fingerprint density at radius 2 is 1.60 bits per heavy atom. The first kappa shape index (κ1) is 18.5. The van der Waals surface area contributed by atoms with E-state index < -0.39 is 5.91 Å². The number of ether oxygens (including phenoxy) is 1. The minimum absolute atomic E-state index is 0.166. The van der Waals surface area contributed by atoms with Crippen molar-refractivity contribution in [3.05, 3.63) is 76.9 Å². The molecular weight excluding hydrogens is 382 g/mol. The summed E-state index contributed by atoms with van der Waals surface area (Å²) in [6.07, 6.45) is 5.96. The number of anilines is 1. The number of hydrogen-bond donors (Lipinski definition) is 1. The predicted octanol–water partition coefficient (Wildman–Crippen LogP) is 3.16. The number of hydrogen-bond acceptors (Lipinski definition) is 5. The maximum atomic E-state index is 12.8. The molecule has 150 valence electrons. The normalized spacial score (nSPS) is 23.1. The zero-order valence-corrected chi connectivity index (χ0v) is 16.1. The lowest BCUT2D eigenvalue weighted by atomic mass is 9.84. The van der Waals surface area contributed by atoms with Crippen LogP contribution in [0.2, 0.25) is 0 Å². The van der Waals surface area contributed by atoms with E-state index >= 15 is 0 Å². The average molecular weight is 401 g/mol. The van der Waals surface area contributed by atoms with E-state index in [1.54, 1.807) is 30.3 Å². The van der Waals surface area contributed by atoms with E-state index in [1.807, 2.05) is 0 Å². The maximum absolute atomic E-state index is 12.8. The smallest absolute Gasteiger partial charge is 0.310 e.